The third-order valence-electron chi connectivity index (χ3n) is 3.10. The Labute approximate surface area is 95.6 Å². The van der Waals surface area contributed by atoms with E-state index in [4.69, 9.17) is 10.5 Å². The fraction of sp³-hybridized carbons (Fsp3) is 0.500. The quantitative estimate of drug-likeness (QED) is 0.586. The molecule has 1 fully saturated rings. The molecule has 0 radical (unpaired) electrons. The van der Waals surface area contributed by atoms with Gasteiger partial charge in [-0.1, -0.05) is 0 Å². The lowest BCUT2D eigenvalue weighted by atomic mass is 10.0. The average Bonchev–Trinajstić information content (AvgIpc) is 2.32. The van der Waals surface area contributed by atoms with Crippen molar-refractivity contribution in [2.45, 2.75) is 13.0 Å². The van der Waals surface area contributed by atoms with Crippen molar-refractivity contribution in [3.8, 4) is 5.75 Å². The highest BCUT2D eigenvalue weighted by Crippen LogP contribution is 2.30. The van der Waals surface area contributed by atoms with Gasteiger partial charge >= 0.3 is 0 Å². The number of phenolic OH excluding ortho intramolecular Hbond substituents is 1. The number of nitrogens with zero attached hydrogens (tertiary/aromatic N) is 1. The van der Waals surface area contributed by atoms with Crippen molar-refractivity contribution in [2.24, 2.45) is 0 Å². The third-order valence-corrected chi connectivity index (χ3v) is 3.10. The molecule has 0 aliphatic carbocycles. The van der Waals surface area contributed by atoms with Crippen molar-refractivity contribution < 1.29 is 9.84 Å². The molecule has 1 aromatic rings. The topological polar surface area (TPSA) is 58.7 Å². The van der Waals surface area contributed by atoms with E-state index in [1.165, 1.54) is 0 Å². The van der Waals surface area contributed by atoms with Crippen LogP contribution in [0.15, 0.2) is 18.2 Å². The van der Waals surface area contributed by atoms with Crippen LogP contribution in [-0.4, -0.2) is 36.3 Å². The number of aromatic hydroxyl groups is 1. The molecule has 1 heterocycles. The summed E-state index contributed by atoms with van der Waals surface area (Å²) in [7, 11) is 0. The number of hydrogen-bond acceptors (Lipinski definition) is 4. The third kappa shape index (κ3) is 2.28. The highest BCUT2D eigenvalue weighted by Gasteiger charge is 2.20. The van der Waals surface area contributed by atoms with Gasteiger partial charge in [-0.15, -0.1) is 0 Å². The van der Waals surface area contributed by atoms with Crippen LogP contribution in [0.5, 0.6) is 5.75 Å². The molecule has 1 aliphatic heterocycles. The lowest BCUT2D eigenvalue weighted by Crippen LogP contribution is -2.38. The maximum Gasteiger partial charge on any atom is 0.120 e. The van der Waals surface area contributed by atoms with Crippen molar-refractivity contribution in [3.05, 3.63) is 23.8 Å². The molecule has 0 aromatic heterocycles. The van der Waals surface area contributed by atoms with Crippen LogP contribution >= 0.6 is 0 Å². The number of ether oxygens (including phenoxy) is 1. The molecular weight excluding hydrogens is 204 g/mol. The summed E-state index contributed by atoms with van der Waals surface area (Å²) in [5.41, 5.74) is 7.32. The highest BCUT2D eigenvalue weighted by atomic mass is 16.5. The summed E-state index contributed by atoms with van der Waals surface area (Å²) in [5, 5.41) is 9.82. The smallest absolute Gasteiger partial charge is 0.120 e. The molecule has 4 heteroatoms. The van der Waals surface area contributed by atoms with Gasteiger partial charge in [0.15, 0.2) is 0 Å². The summed E-state index contributed by atoms with van der Waals surface area (Å²) in [5.74, 6) is 0.313. The number of nitrogen functional groups attached to an aromatic ring is 1. The molecule has 1 aromatic carbocycles. The Bertz CT molecular complexity index is 362. The van der Waals surface area contributed by atoms with Gasteiger partial charge in [-0.2, -0.15) is 0 Å². The lowest BCUT2D eigenvalue weighted by Gasteiger charge is -2.32. The Hall–Kier alpha value is -1.26. The molecule has 1 unspecified atom stereocenters. The van der Waals surface area contributed by atoms with E-state index in [1.807, 2.05) is 6.07 Å². The van der Waals surface area contributed by atoms with Gasteiger partial charge in [0.2, 0.25) is 0 Å². The zero-order valence-corrected chi connectivity index (χ0v) is 9.52. The maximum atomic E-state index is 9.82. The van der Waals surface area contributed by atoms with Crippen molar-refractivity contribution >= 4 is 5.69 Å². The molecule has 88 valence electrons. The number of rotatable bonds is 2. The Balaban J connectivity index is 2.18. The van der Waals surface area contributed by atoms with E-state index in [0.717, 1.165) is 31.9 Å². The standard InChI is InChI=1S/C12H18N2O2/c1-9(14-4-6-16-7-5-14)11-8-10(13)2-3-12(11)15/h2-3,8-9,15H,4-7,13H2,1H3. The van der Waals surface area contributed by atoms with E-state index in [-0.39, 0.29) is 6.04 Å². The zero-order chi connectivity index (χ0) is 11.5. The number of benzene rings is 1. The molecule has 2 rings (SSSR count). The first kappa shape index (κ1) is 11.2. The van der Waals surface area contributed by atoms with Crippen LogP contribution in [0.2, 0.25) is 0 Å². The first-order valence-corrected chi connectivity index (χ1v) is 5.58. The van der Waals surface area contributed by atoms with E-state index in [2.05, 4.69) is 11.8 Å². The van der Waals surface area contributed by atoms with Gasteiger partial charge in [0.25, 0.3) is 0 Å². The van der Waals surface area contributed by atoms with Crippen LogP contribution in [0.25, 0.3) is 0 Å². The van der Waals surface area contributed by atoms with Gasteiger partial charge in [-0.3, -0.25) is 4.90 Å². The second-order valence-electron chi connectivity index (χ2n) is 4.14. The minimum absolute atomic E-state index is 0.174. The second kappa shape index (κ2) is 4.72. The van der Waals surface area contributed by atoms with E-state index in [1.54, 1.807) is 12.1 Å². The van der Waals surface area contributed by atoms with Crippen molar-refractivity contribution in [1.29, 1.82) is 0 Å². The maximum absolute atomic E-state index is 9.82. The fourth-order valence-electron chi connectivity index (χ4n) is 2.07. The predicted octanol–water partition coefficient (Wildman–Crippen LogP) is 1.37. The van der Waals surface area contributed by atoms with Crippen LogP contribution in [0.3, 0.4) is 0 Å². The predicted molar refractivity (Wildman–Crippen MR) is 63.3 cm³/mol. The molecular formula is C12H18N2O2. The molecule has 4 nitrogen and oxygen atoms in total. The summed E-state index contributed by atoms with van der Waals surface area (Å²) >= 11 is 0. The van der Waals surface area contributed by atoms with Gasteiger partial charge < -0.3 is 15.6 Å². The van der Waals surface area contributed by atoms with Crippen molar-refractivity contribution in [2.75, 3.05) is 32.0 Å². The molecule has 16 heavy (non-hydrogen) atoms. The van der Waals surface area contributed by atoms with Gasteiger partial charge in [-0.25, -0.2) is 0 Å². The molecule has 1 atom stereocenters. The highest BCUT2D eigenvalue weighted by molar-refractivity contribution is 5.48. The molecule has 0 amide bonds. The zero-order valence-electron chi connectivity index (χ0n) is 9.52. The largest absolute Gasteiger partial charge is 0.508 e. The SMILES string of the molecule is CC(c1cc(N)ccc1O)N1CCOCC1. The van der Waals surface area contributed by atoms with Crippen LogP contribution in [0.1, 0.15) is 18.5 Å². The normalized spacial score (nSPS) is 19.6. The number of hydrogen-bond donors (Lipinski definition) is 2. The summed E-state index contributed by atoms with van der Waals surface area (Å²) in [6.07, 6.45) is 0. The number of phenols is 1. The van der Waals surface area contributed by atoms with Gasteiger partial charge in [0.1, 0.15) is 5.75 Å². The summed E-state index contributed by atoms with van der Waals surface area (Å²) < 4.78 is 5.31. The Morgan fingerprint density at radius 2 is 2.06 bits per heavy atom. The second-order valence-corrected chi connectivity index (χ2v) is 4.14. The van der Waals surface area contributed by atoms with Crippen molar-refractivity contribution in [1.82, 2.24) is 4.90 Å². The fourth-order valence-corrected chi connectivity index (χ4v) is 2.07. The summed E-state index contributed by atoms with van der Waals surface area (Å²) in [6, 6.07) is 5.38. The van der Waals surface area contributed by atoms with Crippen LogP contribution in [0, 0.1) is 0 Å². The lowest BCUT2D eigenvalue weighted by molar-refractivity contribution is 0.0194. The molecule has 1 saturated heterocycles. The van der Waals surface area contributed by atoms with Crippen LogP contribution in [0.4, 0.5) is 5.69 Å². The minimum atomic E-state index is 0.174. The molecule has 0 bridgehead atoms. The number of anilines is 1. The Morgan fingerprint density at radius 1 is 1.38 bits per heavy atom. The first-order valence-electron chi connectivity index (χ1n) is 5.58. The van der Waals surface area contributed by atoms with E-state index in [0.29, 0.717) is 11.4 Å². The molecule has 0 saturated carbocycles. The molecule has 0 spiro atoms. The molecule has 1 aliphatic rings. The minimum Gasteiger partial charge on any atom is -0.508 e. The summed E-state index contributed by atoms with van der Waals surface area (Å²) in [6.45, 7) is 5.39. The van der Waals surface area contributed by atoms with Gasteiger partial charge in [0.05, 0.1) is 13.2 Å². The van der Waals surface area contributed by atoms with Crippen LogP contribution in [-0.2, 0) is 4.74 Å². The molecule has 3 N–H and O–H groups in total. The van der Waals surface area contributed by atoms with E-state index < -0.39 is 0 Å². The summed E-state index contributed by atoms with van der Waals surface area (Å²) in [4.78, 5) is 2.29. The van der Waals surface area contributed by atoms with Crippen LogP contribution < -0.4 is 5.73 Å². The number of nitrogens with two attached hydrogens (primary N) is 1. The monoisotopic (exact) mass is 222 g/mol. The van der Waals surface area contributed by atoms with E-state index in [9.17, 15) is 5.11 Å². The Morgan fingerprint density at radius 3 is 2.75 bits per heavy atom. The number of morpholine rings is 1. The Kier molecular flexibility index (Phi) is 3.31. The van der Waals surface area contributed by atoms with Gasteiger partial charge in [-0.05, 0) is 25.1 Å². The van der Waals surface area contributed by atoms with Crippen molar-refractivity contribution in [3.63, 3.8) is 0 Å². The van der Waals surface area contributed by atoms with Gasteiger partial charge in [0, 0.05) is 30.4 Å². The van der Waals surface area contributed by atoms with E-state index >= 15 is 0 Å². The average molecular weight is 222 g/mol. The first-order chi connectivity index (χ1) is 7.68.